The first-order chi connectivity index (χ1) is 12.0. The Balaban J connectivity index is 1.85. The second kappa shape index (κ2) is 7.31. The number of esters is 1. The number of rotatable bonds is 5. The summed E-state index contributed by atoms with van der Waals surface area (Å²) in [6.45, 7) is 2.43. The Morgan fingerprint density at radius 2 is 2.00 bits per heavy atom. The highest BCUT2D eigenvalue weighted by atomic mass is 79.9. The van der Waals surface area contributed by atoms with E-state index in [1.807, 2.05) is 38.4 Å². The fourth-order valence-corrected chi connectivity index (χ4v) is 3.42. The molecule has 0 N–H and O–H groups in total. The molecule has 3 aromatic rings. The molecule has 0 aliphatic rings. The summed E-state index contributed by atoms with van der Waals surface area (Å²) >= 11 is 3.63. The Hall–Kier alpha value is -2.27. The molecular weight excluding hydrogens is 382 g/mol. The summed E-state index contributed by atoms with van der Waals surface area (Å²) in [6, 6.07) is 12.1. The van der Waals surface area contributed by atoms with Crippen molar-refractivity contribution in [2.24, 2.45) is 7.05 Å². The Bertz CT molecular complexity index is 930. The molecule has 130 valence electrons. The molecule has 4 nitrogen and oxygen atoms in total. The maximum Gasteiger partial charge on any atom is 0.310 e. The zero-order chi connectivity index (χ0) is 18.0. The monoisotopic (exact) mass is 401 g/mol. The van der Waals surface area contributed by atoms with Gasteiger partial charge in [-0.25, -0.2) is 0 Å². The summed E-state index contributed by atoms with van der Waals surface area (Å²) in [7, 11) is 3.41. The minimum atomic E-state index is -0.276. The van der Waals surface area contributed by atoms with Crippen LogP contribution in [0.15, 0.2) is 47.1 Å². The van der Waals surface area contributed by atoms with Gasteiger partial charge in [-0.15, -0.1) is 0 Å². The van der Waals surface area contributed by atoms with Crippen molar-refractivity contribution in [2.75, 3.05) is 7.11 Å². The minimum absolute atomic E-state index is 0.201. The molecule has 0 fully saturated rings. The number of halogens is 1. The molecule has 25 heavy (non-hydrogen) atoms. The topological polar surface area (TPSA) is 40.5 Å². The van der Waals surface area contributed by atoms with Crippen LogP contribution in [0.1, 0.15) is 16.7 Å². The van der Waals surface area contributed by atoms with Gasteiger partial charge in [-0.05, 0) is 42.3 Å². The number of aromatic nitrogens is 1. The molecule has 0 bridgehead atoms. The highest BCUT2D eigenvalue weighted by Crippen LogP contribution is 2.28. The highest BCUT2D eigenvalue weighted by molar-refractivity contribution is 9.10. The molecule has 1 heterocycles. The van der Waals surface area contributed by atoms with Crippen LogP contribution in [0.2, 0.25) is 0 Å². The van der Waals surface area contributed by atoms with E-state index in [1.54, 1.807) is 0 Å². The van der Waals surface area contributed by atoms with E-state index < -0.39 is 0 Å². The summed E-state index contributed by atoms with van der Waals surface area (Å²) in [5.41, 5.74) is 4.12. The van der Waals surface area contributed by atoms with Crippen LogP contribution < -0.4 is 4.74 Å². The van der Waals surface area contributed by atoms with Gasteiger partial charge in [0, 0.05) is 34.2 Å². The maximum atomic E-state index is 11.6. The number of hydrogen-bond acceptors (Lipinski definition) is 3. The van der Waals surface area contributed by atoms with Crippen molar-refractivity contribution in [3.05, 3.63) is 63.8 Å². The third kappa shape index (κ3) is 3.87. The molecule has 2 aromatic carbocycles. The van der Waals surface area contributed by atoms with Crippen molar-refractivity contribution in [1.82, 2.24) is 4.57 Å². The lowest BCUT2D eigenvalue weighted by Crippen LogP contribution is -2.07. The van der Waals surface area contributed by atoms with E-state index in [1.165, 1.54) is 12.5 Å². The van der Waals surface area contributed by atoms with E-state index in [2.05, 4.69) is 38.7 Å². The summed E-state index contributed by atoms with van der Waals surface area (Å²) in [6.07, 6.45) is 2.24. The third-order valence-corrected chi connectivity index (χ3v) is 4.85. The normalized spacial score (nSPS) is 10.9. The molecular formula is C20H20BrNO3. The van der Waals surface area contributed by atoms with Gasteiger partial charge >= 0.3 is 5.97 Å². The first-order valence-electron chi connectivity index (χ1n) is 8.00. The summed E-state index contributed by atoms with van der Waals surface area (Å²) in [5.74, 6) is 0.440. The Labute approximate surface area is 155 Å². The third-order valence-electron chi connectivity index (χ3n) is 4.19. The average molecular weight is 402 g/mol. The molecule has 0 aliphatic carbocycles. The van der Waals surface area contributed by atoms with Crippen molar-refractivity contribution in [3.8, 4) is 5.75 Å². The van der Waals surface area contributed by atoms with Gasteiger partial charge < -0.3 is 14.0 Å². The fraction of sp³-hybridized carbons (Fsp3) is 0.250. The van der Waals surface area contributed by atoms with Crippen molar-refractivity contribution < 1.29 is 14.3 Å². The van der Waals surface area contributed by atoms with Crippen molar-refractivity contribution >= 4 is 32.8 Å². The molecule has 5 heteroatoms. The predicted molar refractivity (Wildman–Crippen MR) is 102 cm³/mol. The Morgan fingerprint density at radius 1 is 1.20 bits per heavy atom. The van der Waals surface area contributed by atoms with Crippen LogP contribution in [-0.4, -0.2) is 17.6 Å². The van der Waals surface area contributed by atoms with Gasteiger partial charge in [0.2, 0.25) is 0 Å². The number of benzene rings is 2. The molecule has 0 aliphatic heterocycles. The van der Waals surface area contributed by atoms with Crippen LogP contribution in [0.25, 0.3) is 10.9 Å². The van der Waals surface area contributed by atoms with Crippen LogP contribution in [0.3, 0.4) is 0 Å². The van der Waals surface area contributed by atoms with Crippen LogP contribution in [-0.2, 0) is 29.6 Å². The molecule has 0 unspecified atom stereocenters. The number of aryl methyl sites for hydroxylation is 2. The molecule has 0 atom stereocenters. The quantitative estimate of drug-likeness (QED) is 0.589. The minimum Gasteiger partial charge on any atom is -0.489 e. The maximum absolute atomic E-state index is 11.6. The summed E-state index contributed by atoms with van der Waals surface area (Å²) in [5, 5.41) is 1.17. The summed E-state index contributed by atoms with van der Waals surface area (Å²) in [4.78, 5) is 11.6. The van der Waals surface area contributed by atoms with Crippen molar-refractivity contribution in [3.63, 3.8) is 0 Å². The van der Waals surface area contributed by atoms with E-state index in [0.29, 0.717) is 12.4 Å². The number of fused-ring (bicyclic) bond motifs is 1. The largest absolute Gasteiger partial charge is 0.489 e. The molecule has 0 saturated heterocycles. The second-order valence-electron chi connectivity index (χ2n) is 6.09. The van der Waals surface area contributed by atoms with Crippen molar-refractivity contribution in [2.45, 2.75) is 20.0 Å². The molecule has 1 aromatic heterocycles. The number of ether oxygens (including phenoxy) is 2. The van der Waals surface area contributed by atoms with Crippen LogP contribution in [0, 0.1) is 6.92 Å². The number of hydrogen-bond donors (Lipinski definition) is 0. The molecule has 3 rings (SSSR count). The van der Waals surface area contributed by atoms with Gasteiger partial charge in [0.25, 0.3) is 0 Å². The van der Waals surface area contributed by atoms with Gasteiger partial charge in [0.1, 0.15) is 12.4 Å². The van der Waals surface area contributed by atoms with E-state index in [9.17, 15) is 4.79 Å². The first-order valence-corrected chi connectivity index (χ1v) is 8.80. The fourth-order valence-electron chi connectivity index (χ4n) is 2.80. The lowest BCUT2D eigenvalue weighted by Gasteiger charge is -2.13. The lowest BCUT2D eigenvalue weighted by molar-refractivity contribution is -0.139. The van der Waals surface area contributed by atoms with Gasteiger partial charge in [-0.2, -0.15) is 0 Å². The first kappa shape index (κ1) is 17.5. The van der Waals surface area contributed by atoms with Crippen LogP contribution in [0.4, 0.5) is 0 Å². The Kier molecular flexibility index (Phi) is 5.13. The molecule has 0 saturated carbocycles. The van der Waals surface area contributed by atoms with E-state index in [4.69, 9.17) is 9.47 Å². The lowest BCUT2D eigenvalue weighted by atomic mass is 10.1. The van der Waals surface area contributed by atoms with Gasteiger partial charge in [-0.1, -0.05) is 28.1 Å². The SMILES string of the molecule is COC(=O)Cc1ccc(C)cc1OCc1cc(Br)c2ccn(C)c2c1. The molecule has 0 radical (unpaired) electrons. The number of carbonyl (C=O) groups is 1. The van der Waals surface area contributed by atoms with Crippen LogP contribution in [0.5, 0.6) is 5.75 Å². The molecule has 0 spiro atoms. The number of nitrogens with zero attached hydrogens (tertiary/aromatic N) is 1. The van der Waals surface area contributed by atoms with E-state index >= 15 is 0 Å². The average Bonchev–Trinajstić information content (AvgIpc) is 2.96. The van der Waals surface area contributed by atoms with Gasteiger partial charge in [0.05, 0.1) is 13.5 Å². The van der Waals surface area contributed by atoms with E-state index in [0.717, 1.165) is 26.7 Å². The number of carbonyl (C=O) groups excluding carboxylic acids is 1. The van der Waals surface area contributed by atoms with Gasteiger partial charge in [-0.3, -0.25) is 4.79 Å². The zero-order valence-corrected chi connectivity index (χ0v) is 16.1. The number of methoxy groups -OCH3 is 1. The smallest absolute Gasteiger partial charge is 0.310 e. The van der Waals surface area contributed by atoms with Crippen LogP contribution >= 0.6 is 15.9 Å². The standard InChI is InChI=1S/C20H20BrNO3/c1-13-4-5-15(11-20(23)24-3)19(8-13)25-12-14-9-17(21)16-6-7-22(2)18(16)10-14/h4-10H,11-12H2,1-3H3. The zero-order valence-electron chi connectivity index (χ0n) is 14.5. The van der Waals surface area contributed by atoms with Crippen molar-refractivity contribution in [1.29, 1.82) is 0 Å². The Morgan fingerprint density at radius 3 is 2.76 bits per heavy atom. The molecule has 0 amide bonds. The highest BCUT2D eigenvalue weighted by Gasteiger charge is 2.11. The summed E-state index contributed by atoms with van der Waals surface area (Å²) < 4.78 is 13.9. The van der Waals surface area contributed by atoms with E-state index in [-0.39, 0.29) is 12.4 Å². The van der Waals surface area contributed by atoms with Gasteiger partial charge in [0.15, 0.2) is 0 Å². The predicted octanol–water partition coefficient (Wildman–Crippen LogP) is 4.54. The second-order valence-corrected chi connectivity index (χ2v) is 6.94.